The number of carbonyl (C=O) groups excluding carboxylic acids is 4. The number of nitrogens with two attached hydrogens (primary N) is 1. The van der Waals surface area contributed by atoms with Gasteiger partial charge in [0, 0.05) is 18.5 Å². The van der Waals surface area contributed by atoms with Crippen molar-refractivity contribution < 1.29 is 23.9 Å². The molecule has 0 aliphatic rings. The second kappa shape index (κ2) is 14.9. The Morgan fingerprint density at radius 1 is 0.923 bits per heavy atom. The molecule has 0 radical (unpaired) electrons. The van der Waals surface area contributed by atoms with Crippen LogP contribution in [0.3, 0.4) is 0 Å². The molecule has 0 fully saturated rings. The van der Waals surface area contributed by atoms with Crippen molar-refractivity contribution in [2.24, 2.45) is 11.7 Å². The van der Waals surface area contributed by atoms with E-state index < -0.39 is 35.6 Å². The summed E-state index contributed by atoms with van der Waals surface area (Å²) >= 11 is 0. The van der Waals surface area contributed by atoms with Crippen LogP contribution in [0, 0.1) is 19.8 Å². The van der Waals surface area contributed by atoms with E-state index in [0.29, 0.717) is 12.3 Å². The molecule has 0 aliphatic carbocycles. The van der Waals surface area contributed by atoms with Crippen molar-refractivity contribution in [3.05, 3.63) is 34.9 Å². The summed E-state index contributed by atoms with van der Waals surface area (Å²) in [4.78, 5) is 54.3. The van der Waals surface area contributed by atoms with Crippen LogP contribution in [0.5, 0.6) is 0 Å². The normalized spacial score (nSPS) is 13.9. The number of alkyl carbamates (subject to hydrolysis) is 1. The van der Waals surface area contributed by atoms with Crippen LogP contribution in [-0.2, 0) is 19.1 Å². The molecule has 4 amide bonds. The Morgan fingerprint density at radius 3 is 1.95 bits per heavy atom. The number of hydrogen-bond donors (Lipinski definition) is 3. The lowest BCUT2D eigenvalue weighted by molar-refractivity contribution is -0.145. The number of ether oxygens (including phenoxy) is 1. The van der Waals surface area contributed by atoms with Crippen molar-refractivity contribution in [1.82, 2.24) is 15.5 Å². The highest BCUT2D eigenvalue weighted by molar-refractivity contribution is 5.93. The molecular weight excluding hydrogens is 496 g/mol. The molecule has 0 spiro atoms. The number of hydrogen-bond acceptors (Lipinski definition) is 5. The number of aryl methyl sites for hydroxylation is 2. The highest BCUT2D eigenvalue weighted by Gasteiger charge is 2.40. The Kier molecular flexibility index (Phi) is 13.0. The number of benzene rings is 1. The van der Waals surface area contributed by atoms with E-state index in [2.05, 4.69) is 24.5 Å². The fraction of sp³-hybridized carbons (Fsp3) is 0.667. The molecular formula is C30H50N4O5. The van der Waals surface area contributed by atoms with Crippen LogP contribution in [0.2, 0.25) is 0 Å². The maximum Gasteiger partial charge on any atom is 0.408 e. The van der Waals surface area contributed by atoms with Crippen LogP contribution < -0.4 is 16.4 Å². The third-order valence-electron chi connectivity index (χ3n) is 6.33. The van der Waals surface area contributed by atoms with Gasteiger partial charge in [-0.15, -0.1) is 0 Å². The number of amides is 4. The number of rotatable bonds is 13. The molecule has 4 N–H and O–H groups in total. The quantitative estimate of drug-likeness (QED) is 0.331. The summed E-state index contributed by atoms with van der Waals surface area (Å²) in [6, 6.07) is 3.19. The first-order chi connectivity index (χ1) is 17.9. The lowest BCUT2D eigenvalue weighted by Gasteiger charge is -2.40. The molecule has 0 heterocycles. The number of nitrogens with zero attached hydrogens (tertiary/aromatic N) is 1. The minimum Gasteiger partial charge on any atom is -0.444 e. The van der Waals surface area contributed by atoms with Crippen LogP contribution in [0.4, 0.5) is 4.79 Å². The van der Waals surface area contributed by atoms with Crippen molar-refractivity contribution in [2.75, 3.05) is 0 Å². The Morgan fingerprint density at radius 2 is 1.49 bits per heavy atom. The molecule has 220 valence electrons. The standard InChI is InChI=1S/C30H50N4O5/c1-18(2)14-15-22(7)34(26(27(36)32-19(3)4)25-20(5)12-11-13-21(25)6)28(37)23(16-17-24(31)35)33-29(38)39-30(8,9)10/h11-13,18-19,22-23,26H,14-17H2,1-10H3,(H2,31,35)(H,32,36)(H,33,38). The Bertz CT molecular complexity index is 979. The number of carbonyl (C=O) groups is 4. The number of primary amides is 1. The van der Waals surface area contributed by atoms with Gasteiger partial charge in [-0.3, -0.25) is 14.4 Å². The molecule has 0 bridgehead atoms. The van der Waals surface area contributed by atoms with Gasteiger partial charge in [-0.2, -0.15) is 0 Å². The zero-order valence-corrected chi connectivity index (χ0v) is 25.5. The summed E-state index contributed by atoms with van der Waals surface area (Å²) in [7, 11) is 0. The first-order valence-electron chi connectivity index (χ1n) is 13.9. The molecule has 39 heavy (non-hydrogen) atoms. The van der Waals surface area contributed by atoms with E-state index in [1.807, 2.05) is 52.8 Å². The average Bonchev–Trinajstić information content (AvgIpc) is 2.77. The predicted octanol–water partition coefficient (Wildman–Crippen LogP) is 4.68. The van der Waals surface area contributed by atoms with Gasteiger partial charge in [-0.05, 0) is 97.3 Å². The zero-order valence-electron chi connectivity index (χ0n) is 25.5. The third kappa shape index (κ3) is 11.3. The van der Waals surface area contributed by atoms with Crippen molar-refractivity contribution in [3.8, 4) is 0 Å². The van der Waals surface area contributed by atoms with Crippen LogP contribution >= 0.6 is 0 Å². The maximum absolute atomic E-state index is 14.4. The second-order valence-corrected chi connectivity index (χ2v) is 12.1. The third-order valence-corrected chi connectivity index (χ3v) is 6.33. The van der Waals surface area contributed by atoms with Crippen molar-refractivity contribution in [1.29, 1.82) is 0 Å². The monoisotopic (exact) mass is 546 g/mol. The van der Waals surface area contributed by atoms with Gasteiger partial charge in [0.15, 0.2) is 0 Å². The molecule has 0 saturated heterocycles. The summed E-state index contributed by atoms with van der Waals surface area (Å²) < 4.78 is 5.41. The van der Waals surface area contributed by atoms with Gasteiger partial charge in [-0.25, -0.2) is 4.79 Å². The van der Waals surface area contributed by atoms with E-state index in [0.717, 1.165) is 23.1 Å². The SMILES string of the molecule is Cc1cccc(C)c1C(C(=O)NC(C)C)N(C(=O)C(CCC(N)=O)NC(=O)OC(C)(C)C)C(C)CCC(C)C. The first-order valence-corrected chi connectivity index (χ1v) is 13.9. The van der Waals surface area contributed by atoms with Crippen LogP contribution in [0.1, 0.15) is 104 Å². The van der Waals surface area contributed by atoms with Gasteiger partial charge < -0.3 is 26.0 Å². The summed E-state index contributed by atoms with van der Waals surface area (Å²) in [5, 5.41) is 5.65. The minimum absolute atomic E-state index is 0.0217. The Balaban J connectivity index is 3.73. The summed E-state index contributed by atoms with van der Waals surface area (Å²) in [5.41, 5.74) is 7.12. The second-order valence-electron chi connectivity index (χ2n) is 12.1. The van der Waals surface area contributed by atoms with Crippen molar-refractivity contribution >= 4 is 23.8 Å². The fourth-order valence-corrected chi connectivity index (χ4v) is 4.50. The molecule has 9 heteroatoms. The molecule has 9 nitrogen and oxygen atoms in total. The van der Waals surface area contributed by atoms with Crippen LogP contribution in [0.25, 0.3) is 0 Å². The van der Waals surface area contributed by atoms with Gasteiger partial charge in [0.1, 0.15) is 17.7 Å². The van der Waals surface area contributed by atoms with Gasteiger partial charge in [0.25, 0.3) is 0 Å². The summed E-state index contributed by atoms with van der Waals surface area (Å²) in [5.74, 6) is -0.983. The Labute approximate surface area is 234 Å². The molecule has 1 aromatic carbocycles. The van der Waals surface area contributed by atoms with Crippen LogP contribution in [-0.4, -0.2) is 52.4 Å². The molecule has 3 unspecified atom stereocenters. The van der Waals surface area contributed by atoms with E-state index in [4.69, 9.17) is 10.5 Å². The predicted molar refractivity (Wildman–Crippen MR) is 154 cm³/mol. The Hall–Kier alpha value is -3.10. The molecule has 0 saturated carbocycles. The molecule has 1 rings (SSSR count). The maximum atomic E-state index is 14.4. The van der Waals surface area contributed by atoms with Crippen molar-refractivity contribution in [2.45, 2.75) is 125 Å². The number of nitrogens with one attached hydrogen (secondary N) is 2. The fourth-order valence-electron chi connectivity index (χ4n) is 4.50. The van der Waals surface area contributed by atoms with E-state index in [1.165, 1.54) is 0 Å². The largest absolute Gasteiger partial charge is 0.444 e. The lowest BCUT2D eigenvalue weighted by Crippen LogP contribution is -2.56. The zero-order chi connectivity index (χ0) is 30.1. The van der Waals surface area contributed by atoms with Gasteiger partial charge in [-0.1, -0.05) is 32.0 Å². The van der Waals surface area contributed by atoms with E-state index >= 15 is 0 Å². The average molecular weight is 547 g/mol. The van der Waals surface area contributed by atoms with Gasteiger partial charge in [0.05, 0.1) is 0 Å². The molecule has 1 aromatic rings. The summed E-state index contributed by atoms with van der Waals surface area (Å²) in [6.07, 6.45) is 0.560. The summed E-state index contributed by atoms with van der Waals surface area (Å²) in [6.45, 7) is 18.9. The lowest BCUT2D eigenvalue weighted by atomic mass is 9.91. The molecule has 0 aromatic heterocycles. The van der Waals surface area contributed by atoms with E-state index in [-0.39, 0.29) is 30.8 Å². The van der Waals surface area contributed by atoms with Gasteiger partial charge >= 0.3 is 6.09 Å². The molecule has 3 atom stereocenters. The van der Waals surface area contributed by atoms with Gasteiger partial charge in [0.2, 0.25) is 17.7 Å². The highest BCUT2D eigenvalue weighted by Crippen LogP contribution is 2.32. The molecule has 0 aliphatic heterocycles. The van der Waals surface area contributed by atoms with E-state index in [1.54, 1.807) is 25.7 Å². The smallest absolute Gasteiger partial charge is 0.408 e. The minimum atomic E-state index is -1.12. The topological polar surface area (TPSA) is 131 Å². The first kappa shape index (κ1) is 33.9. The van der Waals surface area contributed by atoms with Crippen LogP contribution in [0.15, 0.2) is 18.2 Å². The van der Waals surface area contributed by atoms with E-state index in [9.17, 15) is 19.2 Å². The van der Waals surface area contributed by atoms with Crippen molar-refractivity contribution in [3.63, 3.8) is 0 Å². The highest BCUT2D eigenvalue weighted by atomic mass is 16.6.